The van der Waals surface area contributed by atoms with Crippen molar-refractivity contribution in [2.24, 2.45) is 11.8 Å². The fourth-order valence-corrected chi connectivity index (χ4v) is 4.28. The van der Waals surface area contributed by atoms with Gasteiger partial charge in [0.05, 0.1) is 5.60 Å². The molecule has 1 heterocycles. The Bertz CT molecular complexity index is 530. The van der Waals surface area contributed by atoms with Gasteiger partial charge in [0.25, 0.3) is 5.91 Å². The normalized spacial score (nSPS) is 21.4. The number of amides is 1. The van der Waals surface area contributed by atoms with Crippen molar-refractivity contribution in [2.45, 2.75) is 44.1 Å². The van der Waals surface area contributed by atoms with Crippen molar-refractivity contribution in [3.8, 4) is 0 Å². The first-order chi connectivity index (χ1) is 11.2. The van der Waals surface area contributed by atoms with Crippen molar-refractivity contribution in [2.75, 3.05) is 25.1 Å². The van der Waals surface area contributed by atoms with E-state index >= 15 is 0 Å². The van der Waals surface area contributed by atoms with Crippen molar-refractivity contribution in [3.05, 3.63) is 29.8 Å². The monoisotopic (exact) mass is 317 g/mol. The third-order valence-corrected chi connectivity index (χ3v) is 5.74. The van der Waals surface area contributed by atoms with E-state index in [-0.39, 0.29) is 11.5 Å². The highest BCUT2D eigenvalue weighted by molar-refractivity contribution is 5.94. The topological polar surface area (TPSA) is 67.6 Å². The molecule has 1 aromatic carbocycles. The SMILES string of the molecule is COC1(C2CCCC2)CCN(c2ccc(C(=O)NN)cc2)CC1. The Kier molecular flexibility index (Phi) is 4.87. The zero-order valence-electron chi connectivity index (χ0n) is 13.9. The van der Waals surface area contributed by atoms with Crippen LogP contribution in [-0.2, 0) is 4.74 Å². The average Bonchev–Trinajstić information content (AvgIpc) is 3.16. The molecule has 1 saturated heterocycles. The first-order valence-corrected chi connectivity index (χ1v) is 8.59. The molecule has 0 atom stereocenters. The maximum Gasteiger partial charge on any atom is 0.265 e. The minimum atomic E-state index is -0.255. The van der Waals surface area contributed by atoms with Gasteiger partial charge in [-0.3, -0.25) is 10.2 Å². The molecule has 0 bridgehead atoms. The fourth-order valence-electron chi connectivity index (χ4n) is 4.28. The molecule has 126 valence electrons. The van der Waals surface area contributed by atoms with Crippen LogP contribution in [0.4, 0.5) is 5.69 Å². The number of nitrogen functional groups attached to an aromatic ring is 1. The van der Waals surface area contributed by atoms with Gasteiger partial charge in [-0.15, -0.1) is 0 Å². The Labute approximate surface area is 138 Å². The number of anilines is 1. The van der Waals surface area contributed by atoms with E-state index < -0.39 is 0 Å². The lowest BCUT2D eigenvalue weighted by Gasteiger charge is -2.45. The van der Waals surface area contributed by atoms with Gasteiger partial charge in [0.15, 0.2) is 0 Å². The van der Waals surface area contributed by atoms with Crippen LogP contribution in [0.3, 0.4) is 0 Å². The Morgan fingerprint density at radius 2 is 1.83 bits per heavy atom. The first-order valence-electron chi connectivity index (χ1n) is 8.59. The number of rotatable bonds is 4. The van der Waals surface area contributed by atoms with Crippen LogP contribution >= 0.6 is 0 Å². The molecule has 1 saturated carbocycles. The van der Waals surface area contributed by atoms with E-state index in [1.165, 1.54) is 25.7 Å². The van der Waals surface area contributed by atoms with Crippen LogP contribution in [0.15, 0.2) is 24.3 Å². The van der Waals surface area contributed by atoms with Crippen molar-refractivity contribution >= 4 is 11.6 Å². The number of benzene rings is 1. The zero-order valence-corrected chi connectivity index (χ0v) is 13.9. The average molecular weight is 317 g/mol. The van der Waals surface area contributed by atoms with Crippen LogP contribution in [0, 0.1) is 5.92 Å². The van der Waals surface area contributed by atoms with Gasteiger partial charge < -0.3 is 9.64 Å². The number of methoxy groups -OCH3 is 1. The molecule has 1 amide bonds. The van der Waals surface area contributed by atoms with Crippen LogP contribution in [0.2, 0.25) is 0 Å². The highest BCUT2D eigenvalue weighted by Crippen LogP contribution is 2.42. The number of nitrogens with one attached hydrogen (secondary N) is 1. The minimum Gasteiger partial charge on any atom is -0.378 e. The van der Waals surface area contributed by atoms with Crippen molar-refractivity contribution in [1.29, 1.82) is 0 Å². The molecule has 1 aliphatic heterocycles. The van der Waals surface area contributed by atoms with E-state index in [9.17, 15) is 4.79 Å². The van der Waals surface area contributed by atoms with Crippen LogP contribution in [0.5, 0.6) is 0 Å². The van der Waals surface area contributed by atoms with E-state index in [1.807, 2.05) is 31.4 Å². The number of nitrogens with zero attached hydrogens (tertiary/aromatic N) is 1. The summed E-state index contributed by atoms with van der Waals surface area (Å²) in [4.78, 5) is 13.9. The van der Waals surface area contributed by atoms with E-state index in [0.717, 1.165) is 37.5 Å². The molecule has 5 heteroatoms. The number of ether oxygens (including phenoxy) is 1. The zero-order chi connectivity index (χ0) is 16.3. The Balaban J connectivity index is 1.65. The number of carbonyl (C=O) groups excluding carboxylic acids is 1. The summed E-state index contributed by atoms with van der Waals surface area (Å²) in [5.74, 6) is 5.64. The molecule has 0 radical (unpaired) electrons. The molecule has 23 heavy (non-hydrogen) atoms. The molecule has 5 nitrogen and oxygen atoms in total. The number of nitrogens with two attached hydrogens (primary N) is 1. The third kappa shape index (κ3) is 3.21. The lowest BCUT2D eigenvalue weighted by Crippen LogP contribution is -2.49. The summed E-state index contributed by atoms with van der Waals surface area (Å²) in [5.41, 5.74) is 3.99. The quantitative estimate of drug-likeness (QED) is 0.508. The number of piperidine rings is 1. The Morgan fingerprint density at radius 3 is 2.35 bits per heavy atom. The van der Waals surface area contributed by atoms with Gasteiger partial charge in [0.2, 0.25) is 0 Å². The van der Waals surface area contributed by atoms with Crippen molar-refractivity contribution in [1.82, 2.24) is 5.43 Å². The van der Waals surface area contributed by atoms with Gasteiger partial charge in [-0.1, -0.05) is 12.8 Å². The van der Waals surface area contributed by atoms with E-state index in [1.54, 1.807) is 0 Å². The Morgan fingerprint density at radius 1 is 1.22 bits per heavy atom. The number of hydrogen-bond acceptors (Lipinski definition) is 4. The Hall–Kier alpha value is -1.59. The summed E-state index contributed by atoms with van der Waals surface area (Å²) in [5, 5.41) is 0. The van der Waals surface area contributed by atoms with E-state index in [2.05, 4.69) is 10.3 Å². The second kappa shape index (κ2) is 6.89. The minimum absolute atomic E-state index is 0.0758. The highest BCUT2D eigenvalue weighted by Gasteiger charge is 2.42. The van der Waals surface area contributed by atoms with Crippen LogP contribution in [0.25, 0.3) is 0 Å². The molecule has 3 rings (SSSR count). The summed E-state index contributed by atoms with van der Waals surface area (Å²) in [6.07, 6.45) is 7.50. The molecule has 1 aromatic rings. The highest BCUT2D eigenvalue weighted by atomic mass is 16.5. The molecular formula is C18H27N3O2. The molecule has 1 aliphatic carbocycles. The summed E-state index contributed by atoms with van der Waals surface area (Å²) in [6, 6.07) is 7.65. The molecule has 3 N–H and O–H groups in total. The third-order valence-electron chi connectivity index (χ3n) is 5.74. The van der Waals surface area contributed by atoms with E-state index in [0.29, 0.717) is 5.56 Å². The molecule has 0 aromatic heterocycles. The van der Waals surface area contributed by atoms with Crippen molar-refractivity contribution in [3.63, 3.8) is 0 Å². The summed E-state index contributed by atoms with van der Waals surface area (Å²) >= 11 is 0. The molecule has 2 aliphatic rings. The van der Waals surface area contributed by atoms with Gasteiger partial charge in [-0.25, -0.2) is 5.84 Å². The second-order valence-electron chi connectivity index (χ2n) is 6.76. The smallest absolute Gasteiger partial charge is 0.265 e. The molecule has 0 unspecified atom stereocenters. The van der Waals surface area contributed by atoms with Gasteiger partial charge in [-0.05, 0) is 55.9 Å². The first kappa shape index (κ1) is 16.3. The van der Waals surface area contributed by atoms with Crippen LogP contribution in [-0.4, -0.2) is 31.7 Å². The van der Waals surface area contributed by atoms with Gasteiger partial charge in [-0.2, -0.15) is 0 Å². The fraction of sp³-hybridized carbons (Fsp3) is 0.611. The van der Waals surface area contributed by atoms with Gasteiger partial charge >= 0.3 is 0 Å². The van der Waals surface area contributed by atoms with Gasteiger partial charge in [0.1, 0.15) is 0 Å². The summed E-state index contributed by atoms with van der Waals surface area (Å²) in [6.45, 7) is 2.01. The largest absolute Gasteiger partial charge is 0.378 e. The van der Waals surface area contributed by atoms with Crippen LogP contribution < -0.4 is 16.2 Å². The van der Waals surface area contributed by atoms with Gasteiger partial charge in [0, 0.05) is 31.5 Å². The van der Waals surface area contributed by atoms with E-state index in [4.69, 9.17) is 10.6 Å². The number of hydrogen-bond donors (Lipinski definition) is 2. The lowest BCUT2D eigenvalue weighted by atomic mass is 9.78. The molecule has 0 spiro atoms. The molecular weight excluding hydrogens is 290 g/mol. The predicted molar refractivity (Wildman–Crippen MR) is 91.2 cm³/mol. The maximum atomic E-state index is 11.5. The van der Waals surface area contributed by atoms with Crippen molar-refractivity contribution < 1.29 is 9.53 Å². The number of hydrazine groups is 1. The van der Waals surface area contributed by atoms with Crippen LogP contribution in [0.1, 0.15) is 48.9 Å². The lowest BCUT2D eigenvalue weighted by molar-refractivity contribution is -0.0737. The second-order valence-corrected chi connectivity index (χ2v) is 6.76. The number of carbonyl (C=O) groups is 1. The summed E-state index contributed by atoms with van der Waals surface area (Å²) < 4.78 is 6.02. The predicted octanol–water partition coefficient (Wildman–Crippen LogP) is 2.47. The maximum absolute atomic E-state index is 11.5. The summed E-state index contributed by atoms with van der Waals surface area (Å²) in [7, 11) is 1.88. The standard InChI is InChI=1S/C18H27N3O2/c1-23-18(15-4-2-3-5-15)10-12-21(13-11-18)16-8-6-14(7-9-16)17(22)20-19/h6-9,15H,2-5,10-13,19H2,1H3,(H,20,22). The molecule has 2 fully saturated rings.